The van der Waals surface area contributed by atoms with Crippen molar-refractivity contribution >= 4 is 31.7 Å². The summed E-state index contributed by atoms with van der Waals surface area (Å²) < 4.78 is 30.0. The van der Waals surface area contributed by atoms with Crippen LogP contribution in [-0.2, 0) is 9.84 Å². The summed E-state index contributed by atoms with van der Waals surface area (Å²) in [6.07, 6.45) is 2.86. The molecule has 1 atom stereocenters. The highest BCUT2D eigenvalue weighted by Crippen LogP contribution is 2.39. The molecule has 5 nitrogen and oxygen atoms in total. The SMILES string of the molecule is COc1ccc(Br)cc1C1CCCN1C(=O)c1cccc(S(C)(=O)=O)c1. The van der Waals surface area contributed by atoms with E-state index in [1.807, 2.05) is 18.2 Å². The maximum absolute atomic E-state index is 13.1. The van der Waals surface area contributed by atoms with Crippen LogP contribution >= 0.6 is 15.9 Å². The van der Waals surface area contributed by atoms with Gasteiger partial charge in [0.25, 0.3) is 5.91 Å². The van der Waals surface area contributed by atoms with Crippen molar-refractivity contribution in [2.45, 2.75) is 23.8 Å². The fourth-order valence-electron chi connectivity index (χ4n) is 3.32. The summed E-state index contributed by atoms with van der Waals surface area (Å²) in [7, 11) is -1.75. The van der Waals surface area contributed by atoms with Gasteiger partial charge in [0.05, 0.1) is 18.0 Å². The number of carbonyl (C=O) groups excluding carboxylic acids is 1. The molecule has 1 saturated heterocycles. The Morgan fingerprint density at radius 2 is 2.00 bits per heavy atom. The summed E-state index contributed by atoms with van der Waals surface area (Å²) in [6, 6.07) is 11.9. The molecular weight excluding hydrogens is 418 g/mol. The van der Waals surface area contributed by atoms with E-state index in [0.717, 1.165) is 34.9 Å². The zero-order valence-electron chi connectivity index (χ0n) is 14.6. The number of nitrogens with zero attached hydrogens (tertiary/aromatic N) is 1. The van der Waals surface area contributed by atoms with Gasteiger partial charge in [-0.1, -0.05) is 22.0 Å². The highest BCUT2D eigenvalue weighted by atomic mass is 79.9. The van der Waals surface area contributed by atoms with Crippen LogP contribution in [0.15, 0.2) is 51.8 Å². The van der Waals surface area contributed by atoms with Gasteiger partial charge in [-0.3, -0.25) is 4.79 Å². The molecule has 3 rings (SSSR count). The summed E-state index contributed by atoms with van der Waals surface area (Å²) in [5, 5.41) is 0. The Kier molecular flexibility index (Phi) is 5.39. The van der Waals surface area contributed by atoms with E-state index in [0.29, 0.717) is 12.1 Å². The van der Waals surface area contributed by atoms with Gasteiger partial charge in [-0.05, 0) is 49.2 Å². The minimum Gasteiger partial charge on any atom is -0.496 e. The van der Waals surface area contributed by atoms with Crippen LogP contribution in [0.2, 0.25) is 0 Å². The monoisotopic (exact) mass is 437 g/mol. The zero-order chi connectivity index (χ0) is 18.9. The topological polar surface area (TPSA) is 63.7 Å². The van der Waals surface area contributed by atoms with E-state index >= 15 is 0 Å². The number of likely N-dealkylation sites (tertiary alicyclic amines) is 1. The highest BCUT2D eigenvalue weighted by molar-refractivity contribution is 9.10. The van der Waals surface area contributed by atoms with Crippen LogP contribution in [0.3, 0.4) is 0 Å². The molecule has 0 N–H and O–H groups in total. The van der Waals surface area contributed by atoms with E-state index in [9.17, 15) is 13.2 Å². The number of benzene rings is 2. The number of carbonyl (C=O) groups is 1. The van der Waals surface area contributed by atoms with Crippen molar-refractivity contribution in [1.29, 1.82) is 0 Å². The second kappa shape index (κ2) is 7.40. The summed E-state index contributed by atoms with van der Waals surface area (Å²) in [5.41, 5.74) is 1.33. The lowest BCUT2D eigenvalue weighted by atomic mass is 10.0. The van der Waals surface area contributed by atoms with Gasteiger partial charge in [-0.15, -0.1) is 0 Å². The van der Waals surface area contributed by atoms with Gasteiger partial charge >= 0.3 is 0 Å². The standard InChI is InChI=1S/C19H20BrNO4S/c1-25-18-9-8-14(20)12-16(18)17-7-4-10-21(17)19(22)13-5-3-6-15(11-13)26(2,23)24/h3,5-6,8-9,11-12,17H,4,7,10H2,1-2H3. The maximum atomic E-state index is 13.1. The fraction of sp³-hybridized carbons (Fsp3) is 0.316. The number of rotatable bonds is 4. The lowest BCUT2D eigenvalue weighted by Gasteiger charge is -2.26. The molecule has 7 heteroatoms. The van der Waals surface area contributed by atoms with E-state index in [4.69, 9.17) is 4.74 Å². The quantitative estimate of drug-likeness (QED) is 0.728. The fourth-order valence-corrected chi connectivity index (χ4v) is 4.37. The van der Waals surface area contributed by atoms with Crippen molar-refractivity contribution in [2.75, 3.05) is 19.9 Å². The predicted molar refractivity (Wildman–Crippen MR) is 103 cm³/mol. The van der Waals surface area contributed by atoms with E-state index in [-0.39, 0.29) is 16.8 Å². The second-order valence-corrected chi connectivity index (χ2v) is 9.27. The molecule has 1 aliphatic heterocycles. The van der Waals surface area contributed by atoms with Crippen molar-refractivity contribution in [3.63, 3.8) is 0 Å². The third-order valence-corrected chi connectivity index (χ3v) is 6.18. The lowest BCUT2D eigenvalue weighted by molar-refractivity contribution is 0.0734. The van der Waals surface area contributed by atoms with Gasteiger partial charge in [-0.2, -0.15) is 0 Å². The minimum absolute atomic E-state index is 0.100. The number of methoxy groups -OCH3 is 1. The molecule has 2 aromatic rings. The Hall–Kier alpha value is -1.86. The van der Waals surface area contributed by atoms with Gasteiger partial charge in [-0.25, -0.2) is 8.42 Å². The molecule has 0 saturated carbocycles. The van der Waals surface area contributed by atoms with E-state index in [2.05, 4.69) is 15.9 Å². The Morgan fingerprint density at radius 1 is 1.23 bits per heavy atom. The molecule has 1 aliphatic rings. The van der Waals surface area contributed by atoms with Gasteiger partial charge in [0.2, 0.25) is 0 Å². The minimum atomic E-state index is -3.36. The van der Waals surface area contributed by atoms with Crippen LogP contribution in [0.5, 0.6) is 5.75 Å². The molecular formula is C19H20BrNO4S. The Bertz CT molecular complexity index is 942. The predicted octanol–water partition coefficient (Wildman–Crippen LogP) is 3.84. The second-order valence-electron chi connectivity index (χ2n) is 6.34. The van der Waals surface area contributed by atoms with Gasteiger partial charge < -0.3 is 9.64 Å². The summed E-state index contributed by atoms with van der Waals surface area (Å²) in [6.45, 7) is 0.627. The number of sulfone groups is 1. The molecule has 0 spiro atoms. The average molecular weight is 438 g/mol. The van der Waals surface area contributed by atoms with Crippen LogP contribution in [0, 0.1) is 0 Å². The molecule has 1 heterocycles. The van der Waals surface area contributed by atoms with Crippen LogP contribution < -0.4 is 4.74 Å². The molecule has 0 bridgehead atoms. The van der Waals surface area contributed by atoms with E-state index in [1.54, 1.807) is 24.1 Å². The number of amides is 1. The third kappa shape index (κ3) is 3.78. The molecule has 1 amide bonds. The number of hydrogen-bond donors (Lipinski definition) is 0. The average Bonchev–Trinajstić information content (AvgIpc) is 3.10. The molecule has 1 unspecified atom stereocenters. The molecule has 2 aromatic carbocycles. The van der Waals surface area contributed by atoms with Crippen molar-refractivity contribution in [3.05, 3.63) is 58.1 Å². The Labute approximate surface area is 162 Å². The maximum Gasteiger partial charge on any atom is 0.254 e. The van der Waals surface area contributed by atoms with Crippen LogP contribution in [-0.4, -0.2) is 39.1 Å². The first-order valence-corrected chi connectivity index (χ1v) is 10.9. The van der Waals surface area contributed by atoms with Crippen LogP contribution in [0.1, 0.15) is 34.8 Å². The number of ether oxygens (including phenoxy) is 1. The van der Waals surface area contributed by atoms with Crippen molar-refractivity contribution in [3.8, 4) is 5.75 Å². The summed E-state index contributed by atoms with van der Waals surface area (Å²) >= 11 is 3.48. The largest absolute Gasteiger partial charge is 0.496 e. The summed E-state index contributed by atoms with van der Waals surface area (Å²) in [5.74, 6) is 0.572. The van der Waals surface area contributed by atoms with Gasteiger partial charge in [0.15, 0.2) is 9.84 Å². The van der Waals surface area contributed by atoms with Crippen molar-refractivity contribution < 1.29 is 17.9 Å². The molecule has 0 aliphatic carbocycles. The zero-order valence-corrected chi connectivity index (χ0v) is 17.0. The van der Waals surface area contributed by atoms with Crippen LogP contribution in [0.25, 0.3) is 0 Å². The Balaban J connectivity index is 1.96. The van der Waals surface area contributed by atoms with Crippen LogP contribution in [0.4, 0.5) is 0 Å². The smallest absolute Gasteiger partial charge is 0.254 e. The molecule has 1 fully saturated rings. The van der Waals surface area contributed by atoms with Crippen molar-refractivity contribution in [2.24, 2.45) is 0 Å². The van der Waals surface area contributed by atoms with Crippen molar-refractivity contribution in [1.82, 2.24) is 4.90 Å². The first kappa shape index (κ1) is 18.9. The Morgan fingerprint density at radius 3 is 2.69 bits per heavy atom. The molecule has 26 heavy (non-hydrogen) atoms. The number of hydrogen-bond acceptors (Lipinski definition) is 4. The summed E-state index contributed by atoms with van der Waals surface area (Å²) in [4.78, 5) is 15.0. The third-order valence-electron chi connectivity index (χ3n) is 4.57. The van der Waals surface area contributed by atoms with Gasteiger partial charge in [0.1, 0.15) is 5.75 Å². The molecule has 138 valence electrons. The van der Waals surface area contributed by atoms with Gasteiger partial charge in [0, 0.05) is 28.4 Å². The lowest BCUT2D eigenvalue weighted by Crippen LogP contribution is -2.30. The highest BCUT2D eigenvalue weighted by Gasteiger charge is 2.32. The van der Waals surface area contributed by atoms with E-state index in [1.165, 1.54) is 12.1 Å². The first-order valence-electron chi connectivity index (χ1n) is 8.26. The molecule has 0 radical (unpaired) electrons. The molecule has 0 aromatic heterocycles. The number of halogens is 1. The first-order chi connectivity index (χ1) is 12.3. The van der Waals surface area contributed by atoms with E-state index < -0.39 is 9.84 Å². The normalized spacial score (nSPS) is 17.3.